The zero-order valence-electron chi connectivity index (χ0n) is 29.2. The molecule has 0 aromatic carbocycles. The lowest BCUT2D eigenvalue weighted by Crippen LogP contribution is -1.96. The van der Waals surface area contributed by atoms with Crippen LogP contribution in [0.4, 0.5) is 0 Å². The van der Waals surface area contributed by atoms with Gasteiger partial charge in [0.25, 0.3) is 0 Å². The SMILES string of the molecule is CCCCCCCCCCCCCCCCCCOP(=S)(S)OCCCCCCCCCCCCCCCCCC.S.S. The van der Waals surface area contributed by atoms with Gasteiger partial charge in [-0.2, -0.15) is 27.0 Å². The molecule has 0 amide bonds. The van der Waals surface area contributed by atoms with Gasteiger partial charge in [-0.15, -0.1) is 0 Å². The van der Waals surface area contributed by atoms with Crippen molar-refractivity contribution in [2.24, 2.45) is 0 Å². The van der Waals surface area contributed by atoms with Crippen molar-refractivity contribution in [1.82, 2.24) is 0 Å². The fraction of sp³-hybridized carbons (Fsp3) is 1.00. The second-order valence-electron chi connectivity index (χ2n) is 12.7. The van der Waals surface area contributed by atoms with Gasteiger partial charge in [0.15, 0.2) is 0 Å². The third-order valence-electron chi connectivity index (χ3n) is 8.50. The molecular weight excluding hydrogens is 624 g/mol. The largest absolute Gasteiger partial charge is 0.322 e. The Morgan fingerprint density at radius 1 is 0.349 bits per heavy atom. The van der Waals surface area contributed by atoms with Crippen molar-refractivity contribution < 1.29 is 9.05 Å². The van der Waals surface area contributed by atoms with Crippen LogP contribution in [0.1, 0.15) is 219 Å². The predicted molar refractivity (Wildman–Crippen MR) is 215 cm³/mol. The van der Waals surface area contributed by atoms with Crippen LogP contribution in [0, 0.1) is 0 Å². The summed E-state index contributed by atoms with van der Waals surface area (Å²) in [5, 5.41) is 0. The van der Waals surface area contributed by atoms with Crippen LogP contribution in [0.15, 0.2) is 0 Å². The van der Waals surface area contributed by atoms with Gasteiger partial charge in [-0.3, -0.25) is 0 Å². The molecule has 0 aromatic rings. The van der Waals surface area contributed by atoms with E-state index >= 15 is 0 Å². The van der Waals surface area contributed by atoms with Crippen LogP contribution in [0.25, 0.3) is 0 Å². The Kier molecular flexibility index (Phi) is 47.5. The fourth-order valence-electron chi connectivity index (χ4n) is 5.70. The van der Waals surface area contributed by atoms with Crippen LogP contribution in [0.2, 0.25) is 0 Å². The molecule has 0 saturated carbocycles. The van der Waals surface area contributed by atoms with E-state index in [1.807, 2.05) is 0 Å². The minimum absolute atomic E-state index is 0. The Hall–Kier alpha value is 1.62. The van der Waals surface area contributed by atoms with Crippen LogP contribution in [0.3, 0.4) is 0 Å². The summed E-state index contributed by atoms with van der Waals surface area (Å²) in [7, 11) is 0. The average Bonchev–Trinajstić information content (AvgIpc) is 2.96. The van der Waals surface area contributed by atoms with Gasteiger partial charge in [0.2, 0.25) is 5.69 Å². The topological polar surface area (TPSA) is 18.5 Å². The molecule has 0 N–H and O–H groups in total. The Labute approximate surface area is 296 Å². The van der Waals surface area contributed by atoms with Gasteiger partial charge in [-0.1, -0.05) is 219 Å². The molecule has 0 spiro atoms. The van der Waals surface area contributed by atoms with E-state index in [0.717, 1.165) is 12.8 Å². The molecule has 0 aliphatic rings. The molecule has 0 bridgehead atoms. The van der Waals surface area contributed by atoms with E-state index in [2.05, 4.69) is 26.1 Å². The Morgan fingerprint density at radius 2 is 0.512 bits per heavy atom. The Bertz CT molecular complexity index is 497. The molecule has 2 nitrogen and oxygen atoms in total. The molecule has 0 atom stereocenters. The summed E-state index contributed by atoms with van der Waals surface area (Å²) < 4.78 is 11.7. The van der Waals surface area contributed by atoms with Crippen molar-refractivity contribution in [1.29, 1.82) is 0 Å². The highest BCUT2D eigenvalue weighted by Crippen LogP contribution is 2.53. The molecule has 0 aliphatic carbocycles. The first-order chi connectivity index (χ1) is 20.1. The summed E-state index contributed by atoms with van der Waals surface area (Å²) in [5.74, 6) is 0. The number of hydrogen-bond acceptors (Lipinski definition) is 3. The van der Waals surface area contributed by atoms with E-state index in [4.69, 9.17) is 20.9 Å². The highest BCUT2D eigenvalue weighted by atomic mass is 32.9. The van der Waals surface area contributed by atoms with Crippen molar-refractivity contribution in [3.05, 3.63) is 0 Å². The van der Waals surface area contributed by atoms with E-state index in [0.29, 0.717) is 13.2 Å². The molecule has 0 unspecified atom stereocenters. The van der Waals surface area contributed by atoms with Crippen molar-refractivity contribution in [2.75, 3.05) is 13.2 Å². The molecule has 0 rings (SSSR count). The summed E-state index contributed by atoms with van der Waals surface area (Å²) in [6.07, 6.45) is 44.3. The van der Waals surface area contributed by atoms with E-state index in [1.54, 1.807) is 0 Å². The van der Waals surface area contributed by atoms with Crippen LogP contribution >= 0.6 is 44.9 Å². The van der Waals surface area contributed by atoms with Crippen LogP contribution < -0.4 is 0 Å². The maximum atomic E-state index is 5.85. The predicted octanol–water partition coefficient (Wildman–Crippen LogP) is 14.9. The van der Waals surface area contributed by atoms with Crippen LogP contribution in [-0.4, -0.2) is 13.2 Å². The van der Waals surface area contributed by atoms with E-state index in [9.17, 15) is 0 Å². The van der Waals surface area contributed by atoms with Crippen molar-refractivity contribution in [3.8, 4) is 0 Å². The Morgan fingerprint density at radius 3 is 0.698 bits per heavy atom. The van der Waals surface area contributed by atoms with Gasteiger partial charge in [0.05, 0.1) is 13.2 Å². The van der Waals surface area contributed by atoms with Crippen molar-refractivity contribution >= 4 is 56.7 Å². The van der Waals surface area contributed by atoms with Gasteiger partial charge in [0, 0.05) is 0 Å². The van der Waals surface area contributed by atoms with Gasteiger partial charge in [0.1, 0.15) is 0 Å². The highest BCUT2D eigenvalue weighted by Gasteiger charge is 2.12. The number of rotatable bonds is 36. The van der Waals surface area contributed by atoms with Crippen LogP contribution in [0.5, 0.6) is 0 Å². The molecule has 43 heavy (non-hydrogen) atoms. The smallest absolute Gasteiger partial charge is 0.244 e. The lowest BCUT2D eigenvalue weighted by atomic mass is 10.0. The second-order valence-corrected chi connectivity index (χ2v) is 18.0. The molecule has 0 fully saturated rings. The first-order valence-electron chi connectivity index (χ1n) is 18.7. The molecule has 0 radical (unpaired) electrons. The van der Waals surface area contributed by atoms with Gasteiger partial charge >= 0.3 is 0 Å². The third kappa shape index (κ3) is 43.6. The minimum Gasteiger partial charge on any atom is -0.322 e. The summed E-state index contributed by atoms with van der Waals surface area (Å²) in [5.41, 5.74) is -2.34. The summed E-state index contributed by atoms with van der Waals surface area (Å²) in [6.45, 7) is 6.00. The standard InChI is InChI=1S/C36H75O2PS2.2H2S/c1-3-5-7-9-11-13-15-17-19-21-23-25-27-29-31-33-35-37-39(40,41)38-36-34-32-30-28-26-24-22-20-18-16-14-12-10-8-6-4-2;;/h3-36H2,1-2H3,(H,40,41);2*1H2. The monoisotopic (exact) mass is 702 g/mol. The zero-order chi connectivity index (χ0) is 30.0. The third-order valence-corrected chi connectivity index (χ3v) is 10.8. The van der Waals surface area contributed by atoms with Crippen LogP contribution in [-0.2, 0) is 20.9 Å². The molecule has 0 aliphatic heterocycles. The lowest BCUT2D eigenvalue weighted by molar-refractivity contribution is 0.250. The number of hydrogen-bond donors (Lipinski definition) is 1. The highest BCUT2D eigenvalue weighted by molar-refractivity contribution is 8.60. The summed E-state index contributed by atoms with van der Waals surface area (Å²) in [4.78, 5) is 0. The van der Waals surface area contributed by atoms with Gasteiger partial charge in [-0.05, 0) is 24.6 Å². The Balaban J connectivity index is -0.00000800. The maximum Gasteiger partial charge on any atom is 0.244 e. The summed E-state index contributed by atoms with van der Waals surface area (Å²) >= 11 is 10.0. The van der Waals surface area contributed by atoms with E-state index < -0.39 is 5.69 Å². The first-order valence-corrected chi connectivity index (χ1v) is 22.5. The fourth-order valence-corrected chi connectivity index (χ4v) is 7.43. The summed E-state index contributed by atoms with van der Waals surface area (Å²) in [6, 6.07) is 0. The van der Waals surface area contributed by atoms with E-state index in [1.165, 1.54) is 193 Å². The minimum atomic E-state index is -2.34. The average molecular weight is 703 g/mol. The van der Waals surface area contributed by atoms with Crippen molar-refractivity contribution in [3.63, 3.8) is 0 Å². The lowest BCUT2D eigenvalue weighted by Gasteiger charge is -2.16. The molecule has 0 saturated heterocycles. The molecule has 0 aromatic heterocycles. The zero-order valence-corrected chi connectivity index (χ0v) is 33.8. The maximum absolute atomic E-state index is 5.85. The molecule has 264 valence electrons. The number of unbranched alkanes of at least 4 members (excludes halogenated alkanes) is 30. The van der Waals surface area contributed by atoms with E-state index in [-0.39, 0.29) is 27.0 Å². The molecule has 0 heterocycles. The molecule has 7 heteroatoms. The second kappa shape index (κ2) is 41.6. The molecular formula is C36H79O2PS4. The van der Waals surface area contributed by atoms with Gasteiger partial charge < -0.3 is 9.05 Å². The number of thiol groups is 1. The normalized spacial score (nSPS) is 11.4. The van der Waals surface area contributed by atoms with Crippen molar-refractivity contribution in [2.45, 2.75) is 219 Å². The first kappa shape index (κ1) is 49.0. The van der Waals surface area contributed by atoms with Gasteiger partial charge in [-0.25, -0.2) is 0 Å². The quantitative estimate of drug-likeness (QED) is 0.0398.